The molecule has 0 amide bonds. The number of sulfonamides is 1. The van der Waals surface area contributed by atoms with E-state index in [0.29, 0.717) is 38.1 Å². The summed E-state index contributed by atoms with van der Waals surface area (Å²) in [4.78, 5) is 4.26. The normalized spacial score (nSPS) is 15.2. The number of rotatable bonds is 10. The Balaban J connectivity index is 0.00000450. The minimum Gasteiger partial charge on any atom is -0.490 e. The Kier molecular flexibility index (Phi) is 12.0. The van der Waals surface area contributed by atoms with Crippen LogP contribution >= 0.6 is 24.0 Å². The first-order chi connectivity index (χ1) is 13.9. The molecule has 1 aromatic rings. The van der Waals surface area contributed by atoms with Crippen LogP contribution in [0.1, 0.15) is 50.2 Å². The second-order valence-corrected chi connectivity index (χ2v) is 9.93. The van der Waals surface area contributed by atoms with Crippen molar-refractivity contribution < 1.29 is 13.2 Å². The van der Waals surface area contributed by atoms with Crippen LogP contribution in [0.4, 0.5) is 0 Å². The maximum absolute atomic E-state index is 11.8. The van der Waals surface area contributed by atoms with Gasteiger partial charge in [0.2, 0.25) is 10.0 Å². The van der Waals surface area contributed by atoms with Crippen molar-refractivity contribution in [1.29, 1.82) is 0 Å². The van der Waals surface area contributed by atoms with E-state index >= 15 is 0 Å². The summed E-state index contributed by atoms with van der Waals surface area (Å²) in [6.07, 6.45) is 5.78. The van der Waals surface area contributed by atoms with E-state index < -0.39 is 10.0 Å². The zero-order chi connectivity index (χ0) is 21.3. The number of ether oxygens (including phenoxy) is 1. The molecule has 0 atom stereocenters. The van der Waals surface area contributed by atoms with Gasteiger partial charge in [-0.1, -0.05) is 12.1 Å². The van der Waals surface area contributed by atoms with Crippen molar-refractivity contribution in [1.82, 2.24) is 14.9 Å². The molecule has 0 aliphatic heterocycles. The lowest BCUT2D eigenvalue weighted by atomic mass is 10.1. The van der Waals surface area contributed by atoms with E-state index in [0.717, 1.165) is 24.2 Å². The highest BCUT2D eigenvalue weighted by atomic mass is 127. The number of benzene rings is 1. The highest BCUT2D eigenvalue weighted by Gasteiger charge is 2.18. The van der Waals surface area contributed by atoms with Crippen molar-refractivity contribution in [3.63, 3.8) is 0 Å². The number of nitrogens with zero attached hydrogens (tertiary/aromatic N) is 2. The number of halogens is 1. The van der Waals surface area contributed by atoms with Crippen LogP contribution in [0.5, 0.6) is 5.75 Å². The van der Waals surface area contributed by atoms with Gasteiger partial charge < -0.3 is 15.4 Å². The van der Waals surface area contributed by atoms with E-state index in [1.807, 2.05) is 0 Å². The molecular weight excluding hydrogens is 515 g/mol. The standard InChI is InChI=1S/C21H36N4O3S.HI/c1-5-29(26,27)25(4)14-8-13-23-21(22-3)24-16-18-12-11-17(2)15-20(18)28-19-9-6-7-10-19;/h11-12,15,19H,5-10,13-14,16H2,1-4H3,(H2,22,23,24);1H. The topological polar surface area (TPSA) is 83.0 Å². The van der Waals surface area contributed by atoms with Gasteiger partial charge in [0.05, 0.1) is 11.9 Å². The lowest BCUT2D eigenvalue weighted by Gasteiger charge is -2.19. The van der Waals surface area contributed by atoms with Crippen molar-refractivity contribution in [3.8, 4) is 5.75 Å². The number of aliphatic imine (C=N–C) groups is 1. The molecule has 2 N–H and O–H groups in total. The van der Waals surface area contributed by atoms with E-state index in [1.54, 1.807) is 21.0 Å². The van der Waals surface area contributed by atoms with Gasteiger partial charge >= 0.3 is 0 Å². The summed E-state index contributed by atoms with van der Waals surface area (Å²) in [5.41, 5.74) is 2.30. The smallest absolute Gasteiger partial charge is 0.213 e. The van der Waals surface area contributed by atoms with Gasteiger partial charge in [-0.15, -0.1) is 24.0 Å². The lowest BCUT2D eigenvalue weighted by Crippen LogP contribution is -2.38. The fraction of sp³-hybridized carbons (Fsp3) is 0.667. The van der Waals surface area contributed by atoms with Crippen LogP contribution in [0.2, 0.25) is 0 Å². The molecule has 1 fully saturated rings. The predicted octanol–water partition coefficient (Wildman–Crippen LogP) is 3.27. The molecule has 0 radical (unpaired) electrons. The van der Waals surface area contributed by atoms with Gasteiger partial charge in [0.1, 0.15) is 5.75 Å². The van der Waals surface area contributed by atoms with Gasteiger partial charge in [-0.3, -0.25) is 4.99 Å². The third-order valence-corrected chi connectivity index (χ3v) is 7.13. The van der Waals surface area contributed by atoms with Gasteiger partial charge in [0, 0.05) is 39.3 Å². The van der Waals surface area contributed by atoms with E-state index in [1.165, 1.54) is 22.7 Å². The Morgan fingerprint density at radius 2 is 1.97 bits per heavy atom. The number of aryl methyl sites for hydroxylation is 1. The summed E-state index contributed by atoms with van der Waals surface area (Å²) in [7, 11) is 0.227. The lowest BCUT2D eigenvalue weighted by molar-refractivity contribution is 0.207. The van der Waals surface area contributed by atoms with Crippen molar-refractivity contribution in [2.45, 2.75) is 58.6 Å². The third kappa shape index (κ3) is 8.58. The van der Waals surface area contributed by atoms with Gasteiger partial charge in [0.15, 0.2) is 5.96 Å². The molecule has 0 bridgehead atoms. The second-order valence-electron chi connectivity index (χ2n) is 7.56. The molecule has 1 aromatic carbocycles. The van der Waals surface area contributed by atoms with Gasteiger partial charge in [-0.05, 0) is 57.6 Å². The van der Waals surface area contributed by atoms with Gasteiger partial charge in [-0.25, -0.2) is 12.7 Å². The van der Waals surface area contributed by atoms with Gasteiger partial charge in [0.25, 0.3) is 0 Å². The van der Waals surface area contributed by atoms with Crippen LogP contribution in [0.25, 0.3) is 0 Å². The molecule has 2 rings (SSSR count). The fourth-order valence-electron chi connectivity index (χ4n) is 3.37. The molecule has 0 saturated heterocycles. The number of nitrogens with one attached hydrogen (secondary N) is 2. The summed E-state index contributed by atoms with van der Waals surface area (Å²) < 4.78 is 31.2. The SMILES string of the molecule is CCS(=O)(=O)N(C)CCCNC(=NC)NCc1ccc(C)cc1OC1CCCC1.I. The molecule has 1 aliphatic carbocycles. The number of hydrogen-bond donors (Lipinski definition) is 2. The Morgan fingerprint density at radius 3 is 2.60 bits per heavy atom. The molecule has 0 aromatic heterocycles. The first kappa shape index (κ1) is 27.0. The molecule has 9 heteroatoms. The molecule has 7 nitrogen and oxygen atoms in total. The minimum absolute atomic E-state index is 0. The van der Waals surface area contributed by atoms with Crippen molar-refractivity contribution in [3.05, 3.63) is 29.3 Å². The Hall–Kier alpha value is -1.07. The minimum atomic E-state index is -3.12. The summed E-state index contributed by atoms with van der Waals surface area (Å²) >= 11 is 0. The summed E-state index contributed by atoms with van der Waals surface area (Å²) in [5.74, 6) is 1.77. The summed E-state index contributed by atoms with van der Waals surface area (Å²) in [6.45, 7) is 5.48. The maximum atomic E-state index is 11.8. The first-order valence-corrected chi connectivity index (χ1v) is 12.1. The highest BCUT2D eigenvalue weighted by Crippen LogP contribution is 2.27. The summed E-state index contributed by atoms with van der Waals surface area (Å²) in [6, 6.07) is 6.30. The fourth-order valence-corrected chi connectivity index (χ4v) is 4.22. The average molecular weight is 553 g/mol. The molecule has 0 spiro atoms. The molecule has 1 saturated carbocycles. The first-order valence-electron chi connectivity index (χ1n) is 10.5. The summed E-state index contributed by atoms with van der Waals surface area (Å²) in [5, 5.41) is 6.57. The van der Waals surface area contributed by atoms with Crippen molar-refractivity contribution >= 4 is 40.0 Å². The molecular formula is C21H37IN4O3S. The maximum Gasteiger partial charge on any atom is 0.213 e. The zero-order valence-electron chi connectivity index (χ0n) is 18.6. The van der Waals surface area contributed by atoms with E-state index in [4.69, 9.17) is 4.74 Å². The molecule has 0 heterocycles. The Labute approximate surface area is 199 Å². The molecule has 1 aliphatic rings. The molecule has 30 heavy (non-hydrogen) atoms. The van der Waals surface area contributed by atoms with E-state index in [2.05, 4.69) is 40.7 Å². The molecule has 0 unspecified atom stereocenters. The van der Waals surface area contributed by atoms with Crippen LogP contribution in [0.3, 0.4) is 0 Å². The largest absolute Gasteiger partial charge is 0.490 e. The number of guanidine groups is 1. The highest BCUT2D eigenvalue weighted by molar-refractivity contribution is 14.0. The van der Waals surface area contributed by atoms with Crippen LogP contribution in [0, 0.1) is 6.92 Å². The van der Waals surface area contributed by atoms with Gasteiger partial charge in [-0.2, -0.15) is 0 Å². The zero-order valence-corrected chi connectivity index (χ0v) is 21.8. The quantitative estimate of drug-likeness (QED) is 0.202. The average Bonchev–Trinajstić information content (AvgIpc) is 3.21. The van der Waals surface area contributed by atoms with Crippen LogP contribution in [0.15, 0.2) is 23.2 Å². The third-order valence-electron chi connectivity index (χ3n) is 5.27. The number of hydrogen-bond acceptors (Lipinski definition) is 4. The van der Waals surface area contributed by atoms with Crippen molar-refractivity contribution in [2.24, 2.45) is 4.99 Å². The molecule has 172 valence electrons. The van der Waals surface area contributed by atoms with Crippen LogP contribution in [-0.2, 0) is 16.6 Å². The Morgan fingerprint density at radius 1 is 1.27 bits per heavy atom. The van der Waals surface area contributed by atoms with Crippen LogP contribution in [-0.4, -0.2) is 57.7 Å². The van der Waals surface area contributed by atoms with E-state index in [-0.39, 0.29) is 29.7 Å². The predicted molar refractivity (Wildman–Crippen MR) is 134 cm³/mol. The van der Waals surface area contributed by atoms with Crippen molar-refractivity contribution in [2.75, 3.05) is 32.9 Å². The van der Waals surface area contributed by atoms with E-state index in [9.17, 15) is 8.42 Å². The Bertz CT molecular complexity index is 780. The monoisotopic (exact) mass is 552 g/mol. The van der Waals surface area contributed by atoms with Crippen LogP contribution < -0.4 is 15.4 Å². The second kappa shape index (κ2) is 13.4.